The SMILES string of the molecule is Cc1c(C(=O)Nc2nnc(SCC(=O)Nc3cccc(F)c3)s2)cccc1[N+](=O)[O-]. The molecular formula is C18H14FN5O4S2. The van der Waals surface area contributed by atoms with Crippen LogP contribution in [0.15, 0.2) is 46.8 Å². The van der Waals surface area contributed by atoms with Gasteiger partial charge in [0.15, 0.2) is 4.34 Å². The van der Waals surface area contributed by atoms with E-state index in [1.807, 2.05) is 0 Å². The van der Waals surface area contributed by atoms with E-state index in [9.17, 15) is 24.1 Å². The van der Waals surface area contributed by atoms with Crippen LogP contribution in [0.2, 0.25) is 0 Å². The van der Waals surface area contributed by atoms with Gasteiger partial charge in [-0.25, -0.2) is 4.39 Å². The van der Waals surface area contributed by atoms with Crippen molar-refractivity contribution in [1.29, 1.82) is 0 Å². The number of anilines is 2. The smallest absolute Gasteiger partial charge is 0.273 e. The summed E-state index contributed by atoms with van der Waals surface area (Å²) in [5.41, 5.74) is 0.592. The highest BCUT2D eigenvalue weighted by atomic mass is 32.2. The van der Waals surface area contributed by atoms with Gasteiger partial charge in [-0.3, -0.25) is 25.0 Å². The summed E-state index contributed by atoms with van der Waals surface area (Å²) < 4.78 is 13.6. The summed E-state index contributed by atoms with van der Waals surface area (Å²) in [6, 6.07) is 9.76. The molecule has 2 N–H and O–H groups in total. The van der Waals surface area contributed by atoms with Crippen molar-refractivity contribution < 1.29 is 18.9 Å². The summed E-state index contributed by atoms with van der Waals surface area (Å²) in [4.78, 5) is 34.8. The van der Waals surface area contributed by atoms with Crippen molar-refractivity contribution in [2.45, 2.75) is 11.3 Å². The summed E-state index contributed by atoms with van der Waals surface area (Å²) in [6.07, 6.45) is 0. The van der Waals surface area contributed by atoms with E-state index in [-0.39, 0.29) is 33.6 Å². The van der Waals surface area contributed by atoms with E-state index in [4.69, 9.17) is 0 Å². The molecule has 0 spiro atoms. The van der Waals surface area contributed by atoms with Crippen LogP contribution < -0.4 is 10.6 Å². The largest absolute Gasteiger partial charge is 0.325 e. The quantitative estimate of drug-likeness (QED) is 0.243. The first-order valence-corrected chi connectivity index (χ1v) is 10.2. The van der Waals surface area contributed by atoms with Gasteiger partial charge < -0.3 is 5.32 Å². The molecule has 12 heteroatoms. The number of benzene rings is 2. The standard InChI is InChI=1S/C18H14FN5O4S2/c1-10-13(6-3-7-14(10)24(27)28)16(26)21-17-22-23-18(30-17)29-9-15(25)20-12-5-2-4-11(19)8-12/h2-8H,9H2,1H3,(H,20,25)(H,21,22,26). The molecule has 3 rings (SSSR count). The molecule has 0 saturated heterocycles. The van der Waals surface area contributed by atoms with Crippen LogP contribution in [0.4, 0.5) is 20.9 Å². The number of carbonyl (C=O) groups is 2. The van der Waals surface area contributed by atoms with E-state index in [1.165, 1.54) is 43.3 Å². The number of nitro groups is 1. The summed E-state index contributed by atoms with van der Waals surface area (Å²) in [5.74, 6) is -1.33. The Balaban J connectivity index is 1.57. The molecule has 2 amide bonds. The van der Waals surface area contributed by atoms with Gasteiger partial charge >= 0.3 is 0 Å². The average Bonchev–Trinajstić information content (AvgIpc) is 3.13. The topological polar surface area (TPSA) is 127 Å². The van der Waals surface area contributed by atoms with Crippen LogP contribution in [-0.4, -0.2) is 32.7 Å². The first kappa shape index (κ1) is 21.3. The lowest BCUT2D eigenvalue weighted by Crippen LogP contribution is -2.14. The Morgan fingerprint density at radius 2 is 1.97 bits per heavy atom. The van der Waals surface area contributed by atoms with Gasteiger partial charge in [0.1, 0.15) is 5.82 Å². The number of hydrogen-bond donors (Lipinski definition) is 2. The number of aromatic nitrogens is 2. The number of hydrogen-bond acceptors (Lipinski definition) is 8. The lowest BCUT2D eigenvalue weighted by molar-refractivity contribution is -0.385. The molecule has 0 bridgehead atoms. The van der Waals surface area contributed by atoms with Crippen molar-refractivity contribution >= 4 is 51.4 Å². The van der Waals surface area contributed by atoms with Gasteiger partial charge in [-0.05, 0) is 31.2 Å². The van der Waals surface area contributed by atoms with E-state index >= 15 is 0 Å². The Labute approximate surface area is 177 Å². The maximum absolute atomic E-state index is 13.1. The molecule has 0 aliphatic carbocycles. The maximum atomic E-state index is 13.1. The molecule has 0 aliphatic rings. The Hall–Kier alpha value is -3.38. The molecular weight excluding hydrogens is 433 g/mol. The van der Waals surface area contributed by atoms with E-state index in [2.05, 4.69) is 20.8 Å². The van der Waals surface area contributed by atoms with E-state index in [0.29, 0.717) is 10.0 Å². The van der Waals surface area contributed by atoms with Crippen molar-refractivity contribution in [2.75, 3.05) is 16.4 Å². The monoisotopic (exact) mass is 447 g/mol. The lowest BCUT2D eigenvalue weighted by Gasteiger charge is -2.05. The third-order valence-corrected chi connectivity index (χ3v) is 5.78. The minimum absolute atomic E-state index is 0.0169. The molecule has 0 radical (unpaired) electrons. The van der Waals surface area contributed by atoms with Crippen LogP contribution >= 0.6 is 23.1 Å². The van der Waals surface area contributed by atoms with Crippen molar-refractivity contribution in [3.8, 4) is 0 Å². The minimum atomic E-state index is -0.555. The highest BCUT2D eigenvalue weighted by Gasteiger charge is 2.19. The number of nitrogens with one attached hydrogen (secondary N) is 2. The minimum Gasteiger partial charge on any atom is -0.325 e. The Morgan fingerprint density at radius 1 is 1.20 bits per heavy atom. The fourth-order valence-corrected chi connectivity index (χ4v) is 3.99. The third-order valence-electron chi connectivity index (χ3n) is 3.81. The zero-order chi connectivity index (χ0) is 21.7. The van der Waals surface area contributed by atoms with Gasteiger partial charge in [0.2, 0.25) is 11.0 Å². The molecule has 1 heterocycles. The molecule has 0 saturated carbocycles. The number of halogens is 1. The van der Waals surface area contributed by atoms with Crippen molar-refractivity contribution in [1.82, 2.24) is 10.2 Å². The normalized spacial score (nSPS) is 10.5. The van der Waals surface area contributed by atoms with Crippen molar-refractivity contribution in [2.24, 2.45) is 0 Å². The number of rotatable bonds is 7. The predicted molar refractivity (Wildman–Crippen MR) is 111 cm³/mol. The average molecular weight is 447 g/mol. The van der Waals surface area contributed by atoms with Gasteiger partial charge in [-0.15, -0.1) is 10.2 Å². The molecule has 2 aromatic carbocycles. The lowest BCUT2D eigenvalue weighted by atomic mass is 10.1. The van der Waals surface area contributed by atoms with Gasteiger partial charge in [-0.2, -0.15) is 0 Å². The van der Waals surface area contributed by atoms with E-state index in [0.717, 1.165) is 23.1 Å². The molecule has 3 aromatic rings. The van der Waals surface area contributed by atoms with Crippen LogP contribution in [0.5, 0.6) is 0 Å². The molecule has 0 unspecified atom stereocenters. The Kier molecular flexibility index (Phi) is 6.69. The van der Waals surface area contributed by atoms with E-state index < -0.39 is 16.6 Å². The Bertz CT molecular complexity index is 1120. The van der Waals surface area contributed by atoms with Gasteiger partial charge in [0, 0.05) is 22.9 Å². The number of thioether (sulfide) groups is 1. The summed E-state index contributed by atoms with van der Waals surface area (Å²) in [5, 5.41) is 24.1. The summed E-state index contributed by atoms with van der Waals surface area (Å²) >= 11 is 2.16. The van der Waals surface area contributed by atoms with Gasteiger partial charge in [0.25, 0.3) is 11.6 Å². The molecule has 30 heavy (non-hydrogen) atoms. The second-order valence-electron chi connectivity index (χ2n) is 5.88. The number of nitro benzene ring substituents is 1. The molecule has 154 valence electrons. The predicted octanol–water partition coefficient (Wildman–Crippen LogP) is 3.88. The third kappa shape index (κ3) is 5.36. The molecule has 0 aliphatic heterocycles. The number of amides is 2. The van der Waals surface area contributed by atoms with Gasteiger partial charge in [0.05, 0.1) is 10.7 Å². The fraction of sp³-hybridized carbons (Fsp3) is 0.111. The number of carbonyl (C=O) groups excluding carboxylic acids is 2. The molecule has 9 nitrogen and oxygen atoms in total. The second kappa shape index (κ2) is 9.41. The van der Waals surface area contributed by atoms with Gasteiger partial charge in [-0.1, -0.05) is 35.2 Å². The highest BCUT2D eigenvalue weighted by Crippen LogP contribution is 2.27. The van der Waals surface area contributed by atoms with Crippen LogP contribution in [0, 0.1) is 22.9 Å². The highest BCUT2D eigenvalue weighted by molar-refractivity contribution is 8.01. The van der Waals surface area contributed by atoms with Crippen molar-refractivity contribution in [3.63, 3.8) is 0 Å². The zero-order valence-electron chi connectivity index (χ0n) is 15.4. The van der Waals surface area contributed by atoms with Crippen LogP contribution in [-0.2, 0) is 4.79 Å². The number of nitrogens with zero attached hydrogens (tertiary/aromatic N) is 3. The molecule has 1 aromatic heterocycles. The molecule has 0 fully saturated rings. The summed E-state index contributed by atoms with van der Waals surface area (Å²) in [7, 11) is 0. The van der Waals surface area contributed by atoms with E-state index in [1.54, 1.807) is 6.07 Å². The van der Waals surface area contributed by atoms with Crippen LogP contribution in [0.1, 0.15) is 15.9 Å². The van der Waals surface area contributed by atoms with Crippen LogP contribution in [0.25, 0.3) is 0 Å². The molecule has 0 atom stereocenters. The first-order chi connectivity index (χ1) is 14.3. The zero-order valence-corrected chi connectivity index (χ0v) is 17.1. The van der Waals surface area contributed by atoms with Crippen LogP contribution in [0.3, 0.4) is 0 Å². The second-order valence-corrected chi connectivity index (χ2v) is 8.08. The fourth-order valence-electron chi connectivity index (χ4n) is 2.44. The van der Waals surface area contributed by atoms with Crippen molar-refractivity contribution in [3.05, 3.63) is 69.5 Å². The maximum Gasteiger partial charge on any atom is 0.273 e. The first-order valence-electron chi connectivity index (χ1n) is 8.40. The summed E-state index contributed by atoms with van der Waals surface area (Å²) in [6.45, 7) is 1.49. The Morgan fingerprint density at radius 3 is 2.70 bits per heavy atom.